The van der Waals surface area contributed by atoms with Crippen molar-refractivity contribution in [2.45, 2.75) is 25.8 Å². The van der Waals surface area contributed by atoms with Gasteiger partial charge in [0.15, 0.2) is 0 Å². The maximum atomic E-state index is 4.54. The molecule has 2 aromatic rings. The van der Waals surface area contributed by atoms with Gasteiger partial charge in [-0.1, -0.05) is 0 Å². The molecule has 1 fully saturated rings. The van der Waals surface area contributed by atoms with Crippen LogP contribution in [0.25, 0.3) is 10.2 Å². The second kappa shape index (κ2) is 2.10. The molecule has 3 heteroatoms. The standard InChI is InChI=1S/C9H10N2S/c1-6-9-8(4-5-12-9)11(10-6)7-2-3-7/h4-5,7H,2-3H2,1H3. The van der Waals surface area contributed by atoms with E-state index in [1.54, 1.807) is 11.3 Å². The van der Waals surface area contributed by atoms with Gasteiger partial charge in [-0.05, 0) is 31.2 Å². The van der Waals surface area contributed by atoms with E-state index in [0.29, 0.717) is 6.04 Å². The molecule has 2 heterocycles. The van der Waals surface area contributed by atoms with E-state index in [9.17, 15) is 0 Å². The van der Waals surface area contributed by atoms with E-state index < -0.39 is 0 Å². The first-order valence-corrected chi connectivity index (χ1v) is 5.16. The molecule has 3 rings (SSSR count). The Morgan fingerprint density at radius 2 is 2.42 bits per heavy atom. The Morgan fingerprint density at radius 1 is 1.58 bits per heavy atom. The van der Waals surface area contributed by atoms with Crippen molar-refractivity contribution in [2.75, 3.05) is 0 Å². The molecule has 0 spiro atoms. The maximum Gasteiger partial charge on any atom is 0.0796 e. The van der Waals surface area contributed by atoms with Crippen LogP contribution in [0.2, 0.25) is 0 Å². The molecule has 0 aliphatic heterocycles. The molecule has 2 nitrogen and oxygen atoms in total. The molecule has 0 bridgehead atoms. The van der Waals surface area contributed by atoms with Crippen molar-refractivity contribution in [1.29, 1.82) is 0 Å². The summed E-state index contributed by atoms with van der Waals surface area (Å²) in [6.45, 7) is 2.09. The van der Waals surface area contributed by atoms with Gasteiger partial charge in [-0.15, -0.1) is 11.3 Å². The summed E-state index contributed by atoms with van der Waals surface area (Å²) in [4.78, 5) is 0. The summed E-state index contributed by atoms with van der Waals surface area (Å²) < 4.78 is 3.56. The Kier molecular flexibility index (Phi) is 1.17. The van der Waals surface area contributed by atoms with Gasteiger partial charge in [-0.3, -0.25) is 4.68 Å². The van der Waals surface area contributed by atoms with Gasteiger partial charge in [-0.25, -0.2) is 0 Å². The Balaban J connectivity index is 2.33. The number of rotatable bonds is 1. The predicted octanol–water partition coefficient (Wildman–Crippen LogP) is 2.74. The van der Waals surface area contributed by atoms with Gasteiger partial charge in [0.25, 0.3) is 0 Å². The number of fused-ring (bicyclic) bond motifs is 1. The molecule has 1 saturated carbocycles. The predicted molar refractivity (Wildman–Crippen MR) is 50.6 cm³/mol. The summed E-state index contributed by atoms with van der Waals surface area (Å²) in [5, 5.41) is 6.69. The summed E-state index contributed by atoms with van der Waals surface area (Å²) in [5.41, 5.74) is 2.52. The Bertz CT molecular complexity index is 423. The van der Waals surface area contributed by atoms with Crippen molar-refractivity contribution in [1.82, 2.24) is 9.78 Å². The molecular formula is C9H10N2S. The molecule has 2 aromatic heterocycles. The van der Waals surface area contributed by atoms with Crippen LogP contribution in [0.1, 0.15) is 24.6 Å². The van der Waals surface area contributed by atoms with E-state index in [4.69, 9.17) is 0 Å². The molecule has 0 aromatic carbocycles. The lowest BCUT2D eigenvalue weighted by Gasteiger charge is -1.95. The van der Waals surface area contributed by atoms with E-state index in [0.717, 1.165) is 0 Å². The molecule has 0 saturated heterocycles. The van der Waals surface area contributed by atoms with Crippen LogP contribution >= 0.6 is 11.3 Å². The van der Waals surface area contributed by atoms with Crippen LogP contribution in [0.3, 0.4) is 0 Å². The largest absolute Gasteiger partial charge is 0.261 e. The van der Waals surface area contributed by atoms with Gasteiger partial charge in [0, 0.05) is 0 Å². The van der Waals surface area contributed by atoms with Crippen LogP contribution in [0.15, 0.2) is 11.4 Å². The third-order valence-corrected chi connectivity index (χ3v) is 3.38. The Morgan fingerprint density at radius 3 is 3.17 bits per heavy atom. The average molecular weight is 178 g/mol. The summed E-state index contributed by atoms with van der Waals surface area (Å²) >= 11 is 1.80. The molecule has 1 aliphatic carbocycles. The zero-order valence-corrected chi connectivity index (χ0v) is 7.77. The van der Waals surface area contributed by atoms with E-state index in [1.807, 2.05) is 0 Å². The van der Waals surface area contributed by atoms with Crippen LogP contribution in [-0.2, 0) is 0 Å². The highest BCUT2D eigenvalue weighted by atomic mass is 32.1. The minimum absolute atomic E-state index is 0.704. The molecule has 1 aliphatic rings. The second-order valence-electron chi connectivity index (χ2n) is 3.40. The van der Waals surface area contributed by atoms with Gasteiger partial charge in [0.05, 0.1) is 22.0 Å². The molecule has 62 valence electrons. The highest BCUT2D eigenvalue weighted by molar-refractivity contribution is 7.17. The normalized spacial score (nSPS) is 17.4. The van der Waals surface area contributed by atoms with Crippen molar-refractivity contribution in [3.8, 4) is 0 Å². The first-order valence-electron chi connectivity index (χ1n) is 4.28. The molecule has 0 unspecified atom stereocenters. The lowest BCUT2D eigenvalue weighted by molar-refractivity contribution is 0.658. The fourth-order valence-electron chi connectivity index (χ4n) is 1.61. The van der Waals surface area contributed by atoms with Crippen molar-refractivity contribution in [3.05, 3.63) is 17.1 Å². The maximum absolute atomic E-state index is 4.54. The van der Waals surface area contributed by atoms with Gasteiger partial charge in [0.2, 0.25) is 0 Å². The van der Waals surface area contributed by atoms with E-state index in [-0.39, 0.29) is 0 Å². The summed E-state index contributed by atoms with van der Waals surface area (Å²) in [7, 11) is 0. The Hall–Kier alpha value is -0.830. The third-order valence-electron chi connectivity index (χ3n) is 2.37. The monoisotopic (exact) mass is 178 g/mol. The number of hydrogen-bond acceptors (Lipinski definition) is 2. The van der Waals surface area contributed by atoms with E-state index in [1.165, 1.54) is 28.8 Å². The summed E-state index contributed by atoms with van der Waals surface area (Å²) in [6, 6.07) is 2.88. The summed E-state index contributed by atoms with van der Waals surface area (Å²) in [5.74, 6) is 0. The summed E-state index contributed by atoms with van der Waals surface area (Å²) in [6.07, 6.45) is 2.62. The first kappa shape index (κ1) is 6.66. The first-order chi connectivity index (χ1) is 5.86. The van der Waals surface area contributed by atoms with Gasteiger partial charge < -0.3 is 0 Å². The number of thiophene rings is 1. The quantitative estimate of drug-likeness (QED) is 0.656. The number of aryl methyl sites for hydroxylation is 1. The van der Waals surface area contributed by atoms with Gasteiger partial charge >= 0.3 is 0 Å². The molecule has 0 atom stereocenters. The zero-order chi connectivity index (χ0) is 8.13. The molecule has 0 radical (unpaired) electrons. The van der Waals surface area contributed by atoms with Gasteiger partial charge in [-0.2, -0.15) is 5.10 Å². The smallest absolute Gasteiger partial charge is 0.0796 e. The third kappa shape index (κ3) is 0.771. The number of aromatic nitrogens is 2. The fourth-order valence-corrected chi connectivity index (χ4v) is 2.44. The van der Waals surface area contributed by atoms with Crippen molar-refractivity contribution in [2.24, 2.45) is 0 Å². The highest BCUT2D eigenvalue weighted by Crippen LogP contribution is 2.38. The molecular weight excluding hydrogens is 168 g/mol. The van der Waals surface area contributed by atoms with Crippen molar-refractivity contribution in [3.63, 3.8) is 0 Å². The van der Waals surface area contributed by atoms with Gasteiger partial charge in [0.1, 0.15) is 0 Å². The second-order valence-corrected chi connectivity index (χ2v) is 4.31. The van der Waals surface area contributed by atoms with Crippen LogP contribution in [0, 0.1) is 6.92 Å². The van der Waals surface area contributed by atoms with E-state index in [2.05, 4.69) is 28.2 Å². The van der Waals surface area contributed by atoms with Crippen LogP contribution < -0.4 is 0 Å². The van der Waals surface area contributed by atoms with Crippen LogP contribution in [-0.4, -0.2) is 9.78 Å². The highest BCUT2D eigenvalue weighted by Gasteiger charge is 2.26. The number of nitrogens with zero attached hydrogens (tertiary/aromatic N) is 2. The fraction of sp³-hybridized carbons (Fsp3) is 0.444. The zero-order valence-electron chi connectivity index (χ0n) is 6.95. The van der Waals surface area contributed by atoms with Crippen LogP contribution in [0.4, 0.5) is 0 Å². The minimum atomic E-state index is 0.704. The molecule has 0 amide bonds. The number of hydrogen-bond donors (Lipinski definition) is 0. The van der Waals surface area contributed by atoms with Crippen molar-refractivity contribution < 1.29 is 0 Å². The molecule has 12 heavy (non-hydrogen) atoms. The van der Waals surface area contributed by atoms with E-state index >= 15 is 0 Å². The lowest BCUT2D eigenvalue weighted by atomic mass is 10.4. The SMILES string of the molecule is Cc1nn(C2CC2)c2ccsc12. The minimum Gasteiger partial charge on any atom is -0.261 e. The average Bonchev–Trinajstić information content (AvgIpc) is 2.68. The lowest BCUT2D eigenvalue weighted by Crippen LogP contribution is -1.94. The molecule has 0 N–H and O–H groups in total. The van der Waals surface area contributed by atoms with Crippen molar-refractivity contribution >= 4 is 21.6 Å². The Labute approximate surface area is 74.8 Å². The van der Waals surface area contributed by atoms with Crippen LogP contribution in [0.5, 0.6) is 0 Å². The topological polar surface area (TPSA) is 17.8 Å².